The summed E-state index contributed by atoms with van der Waals surface area (Å²) in [5.74, 6) is 0.440. The second kappa shape index (κ2) is 3.59. The van der Waals surface area contributed by atoms with Crippen molar-refractivity contribution in [2.45, 2.75) is 25.3 Å². The average molecular weight is 215 g/mol. The van der Waals surface area contributed by atoms with Gasteiger partial charge in [-0.2, -0.15) is 5.10 Å². The number of aromatic nitrogens is 4. The van der Waals surface area contributed by atoms with Crippen molar-refractivity contribution in [3.63, 3.8) is 0 Å². The number of nitrogens with zero attached hydrogens (tertiary/aromatic N) is 4. The Hall–Kier alpha value is -1.91. The highest BCUT2D eigenvalue weighted by molar-refractivity contribution is 5.56. The third-order valence-corrected chi connectivity index (χ3v) is 3.02. The molecule has 0 amide bonds. The van der Waals surface area contributed by atoms with Crippen molar-refractivity contribution in [2.24, 2.45) is 0 Å². The molecule has 1 saturated carbocycles. The number of hydrogen-bond acceptors (Lipinski definition) is 4. The zero-order valence-corrected chi connectivity index (χ0v) is 8.87. The topological polar surface area (TPSA) is 69.6 Å². The molecule has 0 atom stereocenters. The molecule has 5 heteroatoms. The third-order valence-electron chi connectivity index (χ3n) is 3.02. The molecule has 1 aliphatic carbocycles. The van der Waals surface area contributed by atoms with Crippen molar-refractivity contribution in [3.05, 3.63) is 24.8 Å². The van der Waals surface area contributed by atoms with Crippen molar-refractivity contribution in [1.82, 2.24) is 19.7 Å². The molecule has 2 aromatic rings. The third kappa shape index (κ3) is 1.54. The lowest BCUT2D eigenvalue weighted by atomic mass is 9.93. The molecule has 1 aliphatic rings. The van der Waals surface area contributed by atoms with E-state index in [4.69, 9.17) is 5.73 Å². The average Bonchev–Trinajstić information content (AvgIpc) is 2.65. The Kier molecular flexibility index (Phi) is 2.09. The van der Waals surface area contributed by atoms with E-state index in [-0.39, 0.29) is 0 Å². The van der Waals surface area contributed by atoms with Crippen molar-refractivity contribution >= 4 is 5.82 Å². The molecular formula is C11H13N5. The number of anilines is 1. The van der Waals surface area contributed by atoms with Crippen LogP contribution >= 0.6 is 0 Å². The van der Waals surface area contributed by atoms with Gasteiger partial charge in [-0.1, -0.05) is 0 Å². The molecule has 2 heterocycles. The minimum atomic E-state index is 0.440. The molecule has 0 unspecified atom stereocenters. The maximum atomic E-state index is 5.49. The summed E-state index contributed by atoms with van der Waals surface area (Å²) in [4.78, 5) is 8.25. The number of nitrogens with two attached hydrogens (primary N) is 1. The van der Waals surface area contributed by atoms with E-state index in [0.29, 0.717) is 11.9 Å². The molecule has 0 bridgehead atoms. The smallest absolute Gasteiger partial charge is 0.141 e. The molecule has 0 radical (unpaired) electrons. The summed E-state index contributed by atoms with van der Waals surface area (Å²) < 4.78 is 2.02. The van der Waals surface area contributed by atoms with Gasteiger partial charge in [-0.25, -0.2) is 4.98 Å². The monoisotopic (exact) mass is 215 g/mol. The minimum absolute atomic E-state index is 0.440. The van der Waals surface area contributed by atoms with E-state index in [1.807, 2.05) is 17.1 Å². The summed E-state index contributed by atoms with van der Waals surface area (Å²) >= 11 is 0. The van der Waals surface area contributed by atoms with Gasteiger partial charge in [0.1, 0.15) is 5.82 Å². The first-order valence-electron chi connectivity index (χ1n) is 5.45. The van der Waals surface area contributed by atoms with Crippen LogP contribution in [0.2, 0.25) is 0 Å². The molecule has 2 N–H and O–H groups in total. The van der Waals surface area contributed by atoms with Crippen LogP contribution in [0.1, 0.15) is 25.3 Å². The van der Waals surface area contributed by atoms with Gasteiger partial charge in [0.2, 0.25) is 0 Å². The summed E-state index contributed by atoms with van der Waals surface area (Å²) in [7, 11) is 0. The molecule has 0 spiro atoms. The van der Waals surface area contributed by atoms with E-state index in [9.17, 15) is 0 Å². The lowest BCUT2D eigenvalue weighted by Gasteiger charge is -2.25. The van der Waals surface area contributed by atoms with Gasteiger partial charge in [0.15, 0.2) is 0 Å². The predicted octanol–water partition coefficient (Wildman–Crippen LogP) is 1.65. The summed E-state index contributed by atoms with van der Waals surface area (Å²) in [5.41, 5.74) is 7.31. The quantitative estimate of drug-likeness (QED) is 0.826. The molecule has 82 valence electrons. The van der Waals surface area contributed by atoms with Gasteiger partial charge in [0, 0.05) is 11.8 Å². The maximum Gasteiger partial charge on any atom is 0.141 e. The molecule has 1 fully saturated rings. The lowest BCUT2D eigenvalue weighted by molar-refractivity contribution is 0.289. The fourth-order valence-electron chi connectivity index (χ4n) is 1.81. The Balaban J connectivity index is 1.88. The zero-order chi connectivity index (χ0) is 11.0. The molecular weight excluding hydrogens is 202 g/mol. The van der Waals surface area contributed by atoms with Crippen LogP contribution in [0.5, 0.6) is 0 Å². The van der Waals surface area contributed by atoms with E-state index in [2.05, 4.69) is 15.1 Å². The van der Waals surface area contributed by atoms with Gasteiger partial charge in [0.25, 0.3) is 0 Å². The van der Waals surface area contributed by atoms with Gasteiger partial charge in [-0.05, 0) is 19.3 Å². The van der Waals surface area contributed by atoms with Gasteiger partial charge in [-0.15, -0.1) is 0 Å². The van der Waals surface area contributed by atoms with Gasteiger partial charge in [-0.3, -0.25) is 9.67 Å². The first-order chi connectivity index (χ1) is 7.83. The highest BCUT2D eigenvalue weighted by Crippen LogP contribution is 2.31. The maximum absolute atomic E-state index is 5.49. The van der Waals surface area contributed by atoms with Crippen LogP contribution in [0, 0.1) is 0 Å². The Bertz CT molecular complexity index is 483. The van der Waals surface area contributed by atoms with Crippen molar-refractivity contribution in [2.75, 3.05) is 5.73 Å². The largest absolute Gasteiger partial charge is 0.382 e. The molecule has 5 nitrogen and oxygen atoms in total. The van der Waals surface area contributed by atoms with Crippen LogP contribution < -0.4 is 5.73 Å². The van der Waals surface area contributed by atoms with E-state index in [1.165, 1.54) is 19.3 Å². The number of rotatable bonds is 2. The van der Waals surface area contributed by atoms with E-state index in [0.717, 1.165) is 11.3 Å². The van der Waals surface area contributed by atoms with Crippen molar-refractivity contribution < 1.29 is 0 Å². The van der Waals surface area contributed by atoms with Crippen LogP contribution in [-0.2, 0) is 0 Å². The van der Waals surface area contributed by atoms with E-state index >= 15 is 0 Å². The highest BCUT2D eigenvalue weighted by atomic mass is 15.3. The van der Waals surface area contributed by atoms with Crippen molar-refractivity contribution in [3.8, 4) is 11.3 Å². The number of hydrogen-bond donors (Lipinski definition) is 1. The van der Waals surface area contributed by atoms with Crippen LogP contribution in [0.3, 0.4) is 0 Å². The van der Waals surface area contributed by atoms with Crippen LogP contribution in [-0.4, -0.2) is 19.7 Å². The molecule has 16 heavy (non-hydrogen) atoms. The van der Waals surface area contributed by atoms with Crippen molar-refractivity contribution in [1.29, 1.82) is 0 Å². The zero-order valence-electron chi connectivity index (χ0n) is 8.87. The summed E-state index contributed by atoms with van der Waals surface area (Å²) in [6, 6.07) is 0.579. The summed E-state index contributed by atoms with van der Waals surface area (Å²) in [5, 5.41) is 4.35. The Morgan fingerprint density at radius 1 is 1.19 bits per heavy atom. The number of nitrogen functional groups attached to an aromatic ring is 1. The molecule has 3 rings (SSSR count). The SMILES string of the molecule is Nc1cnc(-c2cnn(C3CCC3)c2)cn1. The summed E-state index contributed by atoms with van der Waals surface area (Å²) in [6.07, 6.45) is 10.9. The Morgan fingerprint density at radius 3 is 2.69 bits per heavy atom. The Morgan fingerprint density at radius 2 is 2.06 bits per heavy atom. The standard InChI is InChI=1S/C11H13N5/c12-11-6-13-10(5-14-11)8-4-15-16(7-8)9-2-1-3-9/h4-7,9H,1-3H2,(H2,12,14). The van der Waals surface area contributed by atoms with Crippen LogP contribution in [0.25, 0.3) is 11.3 Å². The Labute approximate surface area is 93.3 Å². The second-order valence-corrected chi connectivity index (χ2v) is 4.12. The van der Waals surface area contributed by atoms with E-state index in [1.54, 1.807) is 12.4 Å². The first kappa shape index (κ1) is 9.33. The lowest BCUT2D eigenvalue weighted by Crippen LogP contribution is -2.16. The summed E-state index contributed by atoms with van der Waals surface area (Å²) in [6.45, 7) is 0. The molecule has 0 aliphatic heterocycles. The molecule has 2 aromatic heterocycles. The molecule has 0 saturated heterocycles. The fourth-order valence-corrected chi connectivity index (χ4v) is 1.81. The molecule has 0 aromatic carbocycles. The van der Waals surface area contributed by atoms with Gasteiger partial charge >= 0.3 is 0 Å². The van der Waals surface area contributed by atoms with Gasteiger partial charge < -0.3 is 5.73 Å². The highest BCUT2D eigenvalue weighted by Gasteiger charge is 2.20. The first-order valence-corrected chi connectivity index (χ1v) is 5.45. The predicted molar refractivity (Wildman–Crippen MR) is 60.6 cm³/mol. The van der Waals surface area contributed by atoms with E-state index < -0.39 is 0 Å². The second-order valence-electron chi connectivity index (χ2n) is 4.12. The van der Waals surface area contributed by atoms with Crippen LogP contribution in [0.4, 0.5) is 5.82 Å². The van der Waals surface area contributed by atoms with Crippen LogP contribution in [0.15, 0.2) is 24.8 Å². The van der Waals surface area contributed by atoms with Gasteiger partial charge in [0.05, 0.1) is 30.3 Å². The minimum Gasteiger partial charge on any atom is -0.382 e. The fraction of sp³-hybridized carbons (Fsp3) is 0.364. The normalized spacial score (nSPS) is 16.0.